The molecular formula is C18H28N4O2. The van der Waals surface area contributed by atoms with Crippen LogP contribution in [-0.2, 0) is 13.0 Å². The number of pyridine rings is 1. The van der Waals surface area contributed by atoms with Crippen LogP contribution in [0.4, 0.5) is 0 Å². The summed E-state index contributed by atoms with van der Waals surface area (Å²) in [4.78, 5) is 20.8. The molecule has 2 atom stereocenters. The van der Waals surface area contributed by atoms with E-state index in [2.05, 4.69) is 28.9 Å². The predicted molar refractivity (Wildman–Crippen MR) is 91.9 cm³/mol. The summed E-state index contributed by atoms with van der Waals surface area (Å²) in [7, 11) is 4.29. The number of hydroxylamine groups is 1. The number of rotatable bonds is 5. The second-order valence-corrected chi connectivity index (χ2v) is 7.42. The van der Waals surface area contributed by atoms with Gasteiger partial charge in [-0.1, -0.05) is 0 Å². The van der Waals surface area contributed by atoms with Crippen LogP contribution in [-0.4, -0.2) is 59.1 Å². The quantitative estimate of drug-likeness (QED) is 0.634. The van der Waals surface area contributed by atoms with Crippen LogP contribution in [0.3, 0.4) is 0 Å². The van der Waals surface area contributed by atoms with Gasteiger partial charge in [-0.05, 0) is 70.3 Å². The zero-order valence-electron chi connectivity index (χ0n) is 14.7. The van der Waals surface area contributed by atoms with E-state index in [1.165, 1.54) is 32.2 Å². The lowest BCUT2D eigenvalue weighted by Crippen LogP contribution is -2.38. The van der Waals surface area contributed by atoms with Gasteiger partial charge < -0.3 is 4.90 Å². The van der Waals surface area contributed by atoms with E-state index in [0.29, 0.717) is 11.6 Å². The van der Waals surface area contributed by atoms with Gasteiger partial charge in [0.15, 0.2) is 0 Å². The standard InChI is InChI=1S/C18H28N4O2/c1-21(2)7-5-13-3-4-16(9-13)22-8-6-14-10-15(18(23)20-24)11-19-17(14)12-22/h10-11,13,16,24H,3-9,12H2,1-2H3,(H,20,23). The molecule has 1 aromatic rings. The molecule has 6 nitrogen and oxygen atoms in total. The Hall–Kier alpha value is -1.50. The van der Waals surface area contributed by atoms with Crippen molar-refractivity contribution in [1.82, 2.24) is 20.3 Å². The predicted octanol–water partition coefficient (Wildman–Crippen LogP) is 1.68. The largest absolute Gasteiger partial charge is 0.309 e. The molecule has 1 aliphatic heterocycles. The second kappa shape index (κ2) is 7.59. The molecule has 0 radical (unpaired) electrons. The summed E-state index contributed by atoms with van der Waals surface area (Å²) in [5, 5.41) is 8.74. The molecule has 2 heterocycles. The molecule has 1 saturated carbocycles. The van der Waals surface area contributed by atoms with E-state index in [4.69, 9.17) is 5.21 Å². The lowest BCUT2D eigenvalue weighted by Gasteiger charge is -2.33. The molecule has 3 rings (SSSR count). The van der Waals surface area contributed by atoms with Crippen molar-refractivity contribution in [2.45, 2.75) is 44.7 Å². The van der Waals surface area contributed by atoms with E-state index >= 15 is 0 Å². The highest BCUT2D eigenvalue weighted by molar-refractivity contribution is 5.93. The van der Waals surface area contributed by atoms with E-state index in [1.54, 1.807) is 11.7 Å². The Morgan fingerprint density at radius 3 is 3.04 bits per heavy atom. The number of fused-ring (bicyclic) bond motifs is 1. The van der Waals surface area contributed by atoms with E-state index in [9.17, 15) is 4.79 Å². The van der Waals surface area contributed by atoms with Crippen molar-refractivity contribution < 1.29 is 10.0 Å². The fourth-order valence-electron chi connectivity index (χ4n) is 4.02. The third-order valence-electron chi connectivity index (χ3n) is 5.46. The molecule has 1 amide bonds. The molecule has 1 aromatic heterocycles. The highest BCUT2D eigenvalue weighted by Gasteiger charge is 2.31. The number of nitrogens with one attached hydrogen (secondary N) is 1. The number of hydrogen-bond acceptors (Lipinski definition) is 5. The third-order valence-corrected chi connectivity index (χ3v) is 5.46. The fraction of sp³-hybridized carbons (Fsp3) is 0.667. The summed E-state index contributed by atoms with van der Waals surface area (Å²) >= 11 is 0. The van der Waals surface area contributed by atoms with E-state index in [1.807, 2.05) is 6.07 Å². The summed E-state index contributed by atoms with van der Waals surface area (Å²) in [5.41, 5.74) is 4.31. The third kappa shape index (κ3) is 3.94. The van der Waals surface area contributed by atoms with Gasteiger partial charge >= 0.3 is 0 Å². The Kier molecular flexibility index (Phi) is 5.48. The average Bonchev–Trinajstić information content (AvgIpc) is 3.07. The molecule has 24 heavy (non-hydrogen) atoms. The summed E-state index contributed by atoms with van der Waals surface area (Å²) in [6.45, 7) is 3.09. The van der Waals surface area contributed by atoms with Crippen molar-refractivity contribution in [2.24, 2.45) is 5.92 Å². The van der Waals surface area contributed by atoms with Gasteiger partial charge in [0.1, 0.15) is 0 Å². The molecule has 0 bridgehead atoms. The minimum atomic E-state index is -0.493. The van der Waals surface area contributed by atoms with Crippen LogP contribution in [0.15, 0.2) is 12.3 Å². The van der Waals surface area contributed by atoms with Crippen molar-refractivity contribution >= 4 is 5.91 Å². The molecule has 132 valence electrons. The molecule has 6 heteroatoms. The van der Waals surface area contributed by atoms with Crippen LogP contribution in [0.2, 0.25) is 0 Å². The second-order valence-electron chi connectivity index (χ2n) is 7.42. The zero-order valence-corrected chi connectivity index (χ0v) is 14.7. The first-order chi connectivity index (χ1) is 11.6. The minimum absolute atomic E-state index is 0.425. The van der Waals surface area contributed by atoms with Gasteiger partial charge in [-0.15, -0.1) is 0 Å². The van der Waals surface area contributed by atoms with Crippen LogP contribution in [0.5, 0.6) is 0 Å². The molecule has 0 spiro atoms. The zero-order chi connectivity index (χ0) is 17.1. The van der Waals surface area contributed by atoms with Crippen molar-refractivity contribution in [3.63, 3.8) is 0 Å². The van der Waals surface area contributed by atoms with Crippen LogP contribution >= 0.6 is 0 Å². The van der Waals surface area contributed by atoms with Crippen molar-refractivity contribution in [2.75, 3.05) is 27.2 Å². The van der Waals surface area contributed by atoms with Crippen LogP contribution < -0.4 is 5.48 Å². The molecular weight excluding hydrogens is 304 g/mol. The van der Waals surface area contributed by atoms with E-state index in [0.717, 1.165) is 36.7 Å². The molecule has 2 N–H and O–H groups in total. The Morgan fingerprint density at radius 2 is 2.29 bits per heavy atom. The number of carbonyl (C=O) groups excluding carboxylic acids is 1. The Labute approximate surface area is 143 Å². The summed E-state index contributed by atoms with van der Waals surface area (Å²) in [6, 6.07) is 2.53. The topological polar surface area (TPSA) is 68.7 Å². The van der Waals surface area contributed by atoms with E-state index in [-0.39, 0.29) is 0 Å². The molecule has 1 fully saturated rings. The molecule has 0 saturated heterocycles. The number of amides is 1. The highest BCUT2D eigenvalue weighted by Crippen LogP contribution is 2.34. The van der Waals surface area contributed by atoms with Crippen LogP contribution in [0.25, 0.3) is 0 Å². The maximum Gasteiger partial charge on any atom is 0.276 e. The summed E-state index contributed by atoms with van der Waals surface area (Å²) in [5.74, 6) is 0.356. The lowest BCUT2D eigenvalue weighted by atomic mass is 10.00. The van der Waals surface area contributed by atoms with E-state index < -0.39 is 5.91 Å². The lowest BCUT2D eigenvalue weighted by molar-refractivity contribution is 0.0705. The van der Waals surface area contributed by atoms with Crippen molar-refractivity contribution in [3.8, 4) is 0 Å². The van der Waals surface area contributed by atoms with Crippen molar-refractivity contribution in [1.29, 1.82) is 0 Å². The molecule has 2 unspecified atom stereocenters. The van der Waals surface area contributed by atoms with Gasteiger partial charge in [0.05, 0.1) is 11.3 Å². The first kappa shape index (κ1) is 17.3. The molecule has 0 aromatic carbocycles. The van der Waals surface area contributed by atoms with Gasteiger partial charge in [-0.25, -0.2) is 5.48 Å². The molecule has 1 aliphatic carbocycles. The number of carbonyl (C=O) groups is 1. The SMILES string of the molecule is CN(C)CCC1CCC(N2CCc3cc(C(=O)NO)cnc3C2)C1. The number of aromatic nitrogens is 1. The van der Waals surface area contributed by atoms with Gasteiger partial charge in [0, 0.05) is 25.3 Å². The van der Waals surface area contributed by atoms with Gasteiger partial charge in [-0.2, -0.15) is 0 Å². The Morgan fingerprint density at radius 1 is 1.46 bits per heavy atom. The molecule has 2 aliphatic rings. The number of nitrogens with zero attached hydrogens (tertiary/aromatic N) is 3. The Bertz CT molecular complexity index is 590. The maximum absolute atomic E-state index is 11.5. The fourth-order valence-corrected chi connectivity index (χ4v) is 4.02. The highest BCUT2D eigenvalue weighted by atomic mass is 16.5. The summed E-state index contributed by atoms with van der Waals surface area (Å²) < 4.78 is 0. The Balaban J connectivity index is 1.59. The monoisotopic (exact) mass is 332 g/mol. The smallest absolute Gasteiger partial charge is 0.276 e. The van der Waals surface area contributed by atoms with Crippen LogP contribution in [0, 0.1) is 5.92 Å². The first-order valence-corrected chi connectivity index (χ1v) is 8.88. The maximum atomic E-state index is 11.5. The normalized spacial score (nSPS) is 24.2. The number of hydrogen-bond donors (Lipinski definition) is 2. The van der Waals surface area contributed by atoms with Gasteiger partial charge in [-0.3, -0.25) is 19.9 Å². The van der Waals surface area contributed by atoms with Gasteiger partial charge in [0.25, 0.3) is 5.91 Å². The average molecular weight is 332 g/mol. The summed E-state index contributed by atoms with van der Waals surface area (Å²) in [6.07, 6.45) is 7.71. The van der Waals surface area contributed by atoms with Crippen molar-refractivity contribution in [3.05, 3.63) is 29.1 Å². The van der Waals surface area contributed by atoms with Crippen LogP contribution in [0.1, 0.15) is 47.3 Å². The first-order valence-electron chi connectivity index (χ1n) is 8.88. The van der Waals surface area contributed by atoms with Gasteiger partial charge in [0.2, 0.25) is 0 Å². The minimum Gasteiger partial charge on any atom is -0.309 e.